The number of halogens is 1. The highest BCUT2D eigenvalue weighted by Crippen LogP contribution is 2.26. The van der Waals surface area contributed by atoms with Crippen LogP contribution in [0.4, 0.5) is 5.69 Å². The SMILES string of the molecule is Cc1cccc(CN2CCC(C(=O)Nc3ccc(Cl)cc3C(=O)c3ccccc3)CC2)c1. The Balaban J connectivity index is 1.40. The van der Waals surface area contributed by atoms with Crippen molar-refractivity contribution < 1.29 is 9.59 Å². The van der Waals surface area contributed by atoms with Gasteiger partial charge < -0.3 is 5.32 Å². The first kappa shape index (κ1) is 22.3. The zero-order valence-electron chi connectivity index (χ0n) is 18.2. The molecule has 0 bridgehead atoms. The van der Waals surface area contributed by atoms with Crippen LogP contribution in [0, 0.1) is 12.8 Å². The summed E-state index contributed by atoms with van der Waals surface area (Å²) >= 11 is 6.16. The van der Waals surface area contributed by atoms with Crippen molar-refractivity contribution in [1.29, 1.82) is 0 Å². The van der Waals surface area contributed by atoms with Crippen molar-refractivity contribution in [1.82, 2.24) is 4.90 Å². The molecule has 3 aromatic rings. The standard InChI is InChI=1S/C27H27ClN2O2/c1-19-6-5-7-20(16-19)18-30-14-12-22(13-15-30)27(32)29-25-11-10-23(28)17-24(25)26(31)21-8-3-2-4-9-21/h2-11,16-17,22H,12-15,18H2,1H3,(H,29,32). The molecule has 0 saturated carbocycles. The fraction of sp³-hybridized carbons (Fsp3) is 0.259. The number of piperidine rings is 1. The van der Waals surface area contributed by atoms with Crippen molar-refractivity contribution in [3.05, 3.63) is 100 Å². The largest absolute Gasteiger partial charge is 0.325 e. The molecule has 1 aliphatic rings. The minimum Gasteiger partial charge on any atom is -0.325 e. The van der Waals surface area contributed by atoms with Crippen molar-refractivity contribution in [3.63, 3.8) is 0 Å². The van der Waals surface area contributed by atoms with E-state index in [9.17, 15) is 9.59 Å². The number of ketones is 1. The lowest BCUT2D eigenvalue weighted by Gasteiger charge is -2.31. The minimum absolute atomic E-state index is 0.0374. The van der Waals surface area contributed by atoms with E-state index >= 15 is 0 Å². The fourth-order valence-corrected chi connectivity index (χ4v) is 4.39. The first-order valence-electron chi connectivity index (χ1n) is 11.0. The monoisotopic (exact) mass is 446 g/mol. The number of rotatable bonds is 6. The molecule has 0 aliphatic carbocycles. The Labute approximate surface area is 194 Å². The Kier molecular flexibility index (Phi) is 7.03. The number of amides is 1. The Morgan fingerprint density at radius 3 is 2.44 bits per heavy atom. The van der Waals surface area contributed by atoms with E-state index in [1.807, 2.05) is 18.2 Å². The molecule has 0 aromatic heterocycles. The topological polar surface area (TPSA) is 49.4 Å². The summed E-state index contributed by atoms with van der Waals surface area (Å²) in [6.45, 7) is 4.77. The zero-order chi connectivity index (χ0) is 22.5. The number of hydrogen-bond donors (Lipinski definition) is 1. The molecular weight excluding hydrogens is 420 g/mol. The normalized spacial score (nSPS) is 14.8. The summed E-state index contributed by atoms with van der Waals surface area (Å²) in [6, 6.07) is 22.6. The van der Waals surface area contributed by atoms with Crippen LogP contribution in [-0.2, 0) is 11.3 Å². The average molecular weight is 447 g/mol. The van der Waals surface area contributed by atoms with E-state index in [-0.39, 0.29) is 17.6 Å². The van der Waals surface area contributed by atoms with Crippen LogP contribution < -0.4 is 5.32 Å². The van der Waals surface area contributed by atoms with Crippen molar-refractivity contribution in [2.75, 3.05) is 18.4 Å². The highest BCUT2D eigenvalue weighted by molar-refractivity contribution is 6.31. The molecule has 5 heteroatoms. The van der Waals surface area contributed by atoms with Crippen LogP contribution in [0.15, 0.2) is 72.8 Å². The number of hydrogen-bond acceptors (Lipinski definition) is 3. The van der Waals surface area contributed by atoms with Crippen LogP contribution in [0.2, 0.25) is 5.02 Å². The minimum atomic E-state index is -0.156. The maximum absolute atomic E-state index is 13.0. The van der Waals surface area contributed by atoms with Gasteiger partial charge in [0.05, 0.1) is 5.69 Å². The van der Waals surface area contributed by atoms with E-state index in [0.29, 0.717) is 21.8 Å². The number of carbonyl (C=O) groups is 2. The molecule has 0 radical (unpaired) electrons. The molecule has 1 N–H and O–H groups in total. The van der Waals surface area contributed by atoms with E-state index in [1.54, 1.807) is 30.3 Å². The van der Waals surface area contributed by atoms with Crippen molar-refractivity contribution in [2.24, 2.45) is 5.92 Å². The molecule has 0 spiro atoms. The van der Waals surface area contributed by atoms with Crippen molar-refractivity contribution in [3.8, 4) is 0 Å². The van der Waals surface area contributed by atoms with Gasteiger partial charge >= 0.3 is 0 Å². The van der Waals surface area contributed by atoms with Gasteiger partial charge in [0.1, 0.15) is 0 Å². The Bertz CT molecular complexity index is 1110. The quantitative estimate of drug-likeness (QED) is 0.492. The molecule has 1 heterocycles. The Hall–Kier alpha value is -2.95. The van der Waals surface area contributed by atoms with Gasteiger partial charge in [0, 0.05) is 28.6 Å². The second-order valence-corrected chi connectivity index (χ2v) is 8.85. The van der Waals surface area contributed by atoms with E-state index in [2.05, 4.69) is 41.4 Å². The summed E-state index contributed by atoms with van der Waals surface area (Å²) in [5.41, 5.74) is 4.05. The molecule has 3 aromatic carbocycles. The van der Waals surface area contributed by atoms with E-state index < -0.39 is 0 Å². The number of likely N-dealkylation sites (tertiary alicyclic amines) is 1. The van der Waals surface area contributed by atoms with Gasteiger partial charge in [-0.3, -0.25) is 14.5 Å². The van der Waals surface area contributed by atoms with Gasteiger partial charge in [0.2, 0.25) is 5.91 Å². The summed E-state index contributed by atoms with van der Waals surface area (Å²) in [7, 11) is 0. The lowest BCUT2D eigenvalue weighted by atomic mass is 9.94. The van der Waals surface area contributed by atoms with Crippen LogP contribution in [0.25, 0.3) is 0 Å². The van der Waals surface area contributed by atoms with Gasteiger partial charge in [0.15, 0.2) is 5.78 Å². The number of aryl methyl sites for hydroxylation is 1. The summed E-state index contributed by atoms with van der Waals surface area (Å²) < 4.78 is 0. The lowest BCUT2D eigenvalue weighted by Crippen LogP contribution is -2.37. The number of nitrogens with one attached hydrogen (secondary N) is 1. The molecule has 4 rings (SSSR count). The smallest absolute Gasteiger partial charge is 0.227 e. The predicted molar refractivity (Wildman–Crippen MR) is 129 cm³/mol. The number of carbonyl (C=O) groups excluding carboxylic acids is 2. The predicted octanol–water partition coefficient (Wildman–Crippen LogP) is 5.73. The molecule has 164 valence electrons. The fourth-order valence-electron chi connectivity index (χ4n) is 4.22. The zero-order valence-corrected chi connectivity index (χ0v) is 18.9. The van der Waals surface area contributed by atoms with Gasteiger partial charge in [-0.25, -0.2) is 0 Å². The van der Waals surface area contributed by atoms with Gasteiger partial charge in [-0.2, -0.15) is 0 Å². The highest BCUT2D eigenvalue weighted by Gasteiger charge is 2.26. The second-order valence-electron chi connectivity index (χ2n) is 8.41. The number of benzene rings is 3. The van der Waals surface area contributed by atoms with Gasteiger partial charge in [-0.05, 0) is 56.6 Å². The van der Waals surface area contributed by atoms with Crippen LogP contribution in [-0.4, -0.2) is 29.7 Å². The molecule has 1 saturated heterocycles. The first-order chi connectivity index (χ1) is 15.5. The molecular formula is C27H27ClN2O2. The van der Waals surface area contributed by atoms with Gasteiger partial charge in [-0.15, -0.1) is 0 Å². The second kappa shape index (κ2) is 10.1. The summed E-state index contributed by atoms with van der Waals surface area (Å²) in [6.07, 6.45) is 1.60. The summed E-state index contributed by atoms with van der Waals surface area (Å²) in [5, 5.41) is 3.46. The van der Waals surface area contributed by atoms with Crippen LogP contribution >= 0.6 is 11.6 Å². The molecule has 0 unspecified atom stereocenters. The average Bonchev–Trinajstić information content (AvgIpc) is 2.81. The van der Waals surface area contributed by atoms with Crippen LogP contribution in [0.1, 0.15) is 39.9 Å². The van der Waals surface area contributed by atoms with E-state index in [0.717, 1.165) is 32.5 Å². The number of anilines is 1. The molecule has 1 fully saturated rings. The van der Waals surface area contributed by atoms with E-state index in [4.69, 9.17) is 11.6 Å². The van der Waals surface area contributed by atoms with Crippen LogP contribution in [0.5, 0.6) is 0 Å². The molecule has 32 heavy (non-hydrogen) atoms. The Morgan fingerprint density at radius 2 is 1.72 bits per heavy atom. The summed E-state index contributed by atoms with van der Waals surface area (Å²) in [4.78, 5) is 28.4. The highest BCUT2D eigenvalue weighted by atomic mass is 35.5. The van der Waals surface area contributed by atoms with Crippen molar-refractivity contribution >= 4 is 29.0 Å². The Morgan fingerprint density at radius 1 is 0.969 bits per heavy atom. The maximum Gasteiger partial charge on any atom is 0.227 e. The van der Waals surface area contributed by atoms with E-state index in [1.165, 1.54) is 11.1 Å². The summed E-state index contributed by atoms with van der Waals surface area (Å²) in [5.74, 6) is -0.264. The molecule has 4 nitrogen and oxygen atoms in total. The van der Waals surface area contributed by atoms with Crippen LogP contribution in [0.3, 0.4) is 0 Å². The third kappa shape index (κ3) is 5.45. The third-order valence-electron chi connectivity index (χ3n) is 5.97. The van der Waals surface area contributed by atoms with Crippen molar-refractivity contribution in [2.45, 2.75) is 26.3 Å². The lowest BCUT2D eigenvalue weighted by molar-refractivity contribution is -0.121. The molecule has 1 aliphatic heterocycles. The number of nitrogens with zero attached hydrogens (tertiary/aromatic N) is 1. The van der Waals surface area contributed by atoms with Gasteiger partial charge in [0.25, 0.3) is 0 Å². The van der Waals surface area contributed by atoms with Gasteiger partial charge in [-0.1, -0.05) is 71.8 Å². The molecule has 0 atom stereocenters. The molecule has 1 amide bonds. The first-order valence-corrected chi connectivity index (χ1v) is 11.4. The third-order valence-corrected chi connectivity index (χ3v) is 6.20. The maximum atomic E-state index is 13.0.